The predicted octanol–water partition coefficient (Wildman–Crippen LogP) is 5.93. The Kier molecular flexibility index (Phi) is 6.32. The molecule has 0 saturated carbocycles. The van der Waals surface area contributed by atoms with Crippen molar-refractivity contribution in [2.24, 2.45) is 16.9 Å². The average Bonchev–Trinajstić information content (AvgIpc) is 3.28. The Hall–Kier alpha value is -4.55. The van der Waals surface area contributed by atoms with Gasteiger partial charge in [0.1, 0.15) is 0 Å². The second-order valence-electron chi connectivity index (χ2n) is 11.2. The molecule has 0 radical (unpaired) electrons. The minimum Gasteiger partial charge on any atom is -0.274 e. The van der Waals surface area contributed by atoms with Crippen LogP contribution in [0.15, 0.2) is 102 Å². The monoisotopic (exact) mass is 573 g/mol. The van der Waals surface area contributed by atoms with Crippen LogP contribution in [-0.2, 0) is 26.2 Å². The number of nitrogens with zero attached hydrogens (tertiary/aromatic N) is 2. The van der Waals surface area contributed by atoms with Gasteiger partial charge in [-0.25, -0.2) is 10.3 Å². The Morgan fingerprint density at radius 1 is 0.905 bits per heavy atom. The second-order valence-corrected chi connectivity index (χ2v) is 11.7. The van der Waals surface area contributed by atoms with Crippen molar-refractivity contribution >= 4 is 41.2 Å². The van der Waals surface area contributed by atoms with E-state index in [1.54, 1.807) is 18.3 Å². The van der Waals surface area contributed by atoms with Gasteiger partial charge in [0, 0.05) is 23.6 Å². The fourth-order valence-electron chi connectivity index (χ4n) is 7.28. The number of rotatable bonds is 6. The fraction of sp³-hybridized carbons (Fsp3) is 0.200. The normalized spacial score (nSPS) is 23.6. The average molecular weight is 574 g/mol. The van der Waals surface area contributed by atoms with Crippen LogP contribution in [0.4, 0.5) is 5.69 Å². The van der Waals surface area contributed by atoms with Crippen molar-refractivity contribution in [3.63, 3.8) is 0 Å². The van der Waals surface area contributed by atoms with Gasteiger partial charge in [-0.05, 0) is 58.9 Å². The molecule has 2 atom stereocenters. The van der Waals surface area contributed by atoms with Gasteiger partial charge < -0.3 is 0 Å². The lowest BCUT2D eigenvalue weighted by Gasteiger charge is -2.52. The number of imide groups is 1. The number of hydrazone groups is 1. The van der Waals surface area contributed by atoms with Gasteiger partial charge >= 0.3 is 0 Å². The number of aryl methyl sites for hydroxylation is 2. The molecule has 8 rings (SSSR count). The summed E-state index contributed by atoms with van der Waals surface area (Å²) in [4.78, 5) is 43.0. The summed E-state index contributed by atoms with van der Waals surface area (Å²) in [6, 6.07) is 31.0. The third-order valence-corrected chi connectivity index (χ3v) is 9.27. The highest BCUT2D eigenvalue weighted by molar-refractivity contribution is 6.31. The van der Waals surface area contributed by atoms with Gasteiger partial charge in [-0.2, -0.15) is 5.10 Å². The summed E-state index contributed by atoms with van der Waals surface area (Å²) >= 11 is 6.34. The first kappa shape index (κ1) is 26.4. The van der Waals surface area contributed by atoms with E-state index in [0.717, 1.165) is 33.4 Å². The molecule has 208 valence electrons. The Bertz CT molecular complexity index is 1740. The molecule has 1 aliphatic heterocycles. The van der Waals surface area contributed by atoms with Crippen molar-refractivity contribution in [1.29, 1.82) is 0 Å². The first-order chi connectivity index (χ1) is 20.4. The van der Waals surface area contributed by atoms with Gasteiger partial charge in [0.2, 0.25) is 17.7 Å². The Morgan fingerprint density at radius 2 is 1.55 bits per heavy atom. The number of carbonyl (C=O) groups is 3. The van der Waals surface area contributed by atoms with Gasteiger partial charge in [0.05, 0.1) is 22.9 Å². The summed E-state index contributed by atoms with van der Waals surface area (Å²) in [5.41, 5.74) is 7.89. The van der Waals surface area contributed by atoms with E-state index in [1.165, 1.54) is 4.90 Å². The summed E-state index contributed by atoms with van der Waals surface area (Å²) in [5.74, 6) is -2.39. The highest BCUT2D eigenvalue weighted by atomic mass is 35.5. The van der Waals surface area contributed by atoms with E-state index in [2.05, 4.69) is 10.5 Å². The van der Waals surface area contributed by atoms with Crippen molar-refractivity contribution in [3.8, 4) is 0 Å². The van der Waals surface area contributed by atoms with Crippen molar-refractivity contribution in [3.05, 3.63) is 135 Å². The van der Waals surface area contributed by atoms with Crippen LogP contribution in [0.2, 0.25) is 5.02 Å². The third kappa shape index (κ3) is 3.86. The van der Waals surface area contributed by atoms with Crippen molar-refractivity contribution < 1.29 is 14.4 Å². The molecule has 4 aromatic rings. The minimum atomic E-state index is -1.05. The largest absolute Gasteiger partial charge is 0.274 e. The topological polar surface area (TPSA) is 78.8 Å². The fourth-order valence-corrected chi connectivity index (χ4v) is 7.44. The highest BCUT2D eigenvalue weighted by Crippen LogP contribution is 2.63. The number of hydrogen-bond acceptors (Lipinski definition) is 4. The SMILES string of the molecule is Cc1ccc(Cl)cc1N1C(=O)[C@@H]2[C@@H](C1=O)C1c3ccccc3C2(/C=N\NC(=O)CCc2ccccc2)c2ccccc21. The predicted molar refractivity (Wildman–Crippen MR) is 163 cm³/mol. The van der Waals surface area contributed by atoms with Crippen LogP contribution in [0.1, 0.15) is 45.7 Å². The van der Waals surface area contributed by atoms with Crippen LogP contribution in [0.3, 0.4) is 0 Å². The van der Waals surface area contributed by atoms with E-state index >= 15 is 0 Å². The lowest BCUT2D eigenvalue weighted by atomic mass is 9.47. The van der Waals surface area contributed by atoms with Crippen LogP contribution >= 0.6 is 11.6 Å². The van der Waals surface area contributed by atoms with E-state index in [-0.39, 0.29) is 30.1 Å². The summed E-state index contributed by atoms with van der Waals surface area (Å²) in [5, 5.41) is 4.95. The zero-order valence-corrected chi connectivity index (χ0v) is 23.7. The summed E-state index contributed by atoms with van der Waals surface area (Å²) < 4.78 is 0. The molecule has 3 aliphatic carbocycles. The van der Waals surface area contributed by atoms with Crippen LogP contribution in [0.5, 0.6) is 0 Å². The van der Waals surface area contributed by atoms with Crippen LogP contribution in [0, 0.1) is 18.8 Å². The summed E-state index contributed by atoms with van der Waals surface area (Å²) in [6.45, 7) is 1.87. The lowest BCUT2D eigenvalue weighted by Crippen LogP contribution is -2.54. The number of hydrogen-bond donors (Lipinski definition) is 1. The van der Waals surface area contributed by atoms with E-state index in [9.17, 15) is 14.4 Å². The molecule has 4 aromatic carbocycles. The molecule has 0 unspecified atom stereocenters. The van der Waals surface area contributed by atoms with Crippen LogP contribution in [0.25, 0.3) is 0 Å². The molecule has 3 amide bonds. The maximum Gasteiger partial charge on any atom is 0.240 e. The molecule has 4 aliphatic rings. The summed E-state index contributed by atoms with van der Waals surface area (Å²) in [7, 11) is 0. The molecule has 0 aromatic heterocycles. The van der Waals surface area contributed by atoms with E-state index in [1.807, 2.05) is 91.9 Å². The Morgan fingerprint density at radius 3 is 2.24 bits per heavy atom. The minimum absolute atomic E-state index is 0.223. The van der Waals surface area contributed by atoms with Gasteiger partial charge in [-0.1, -0.05) is 96.5 Å². The van der Waals surface area contributed by atoms with Crippen molar-refractivity contribution in [2.45, 2.75) is 31.1 Å². The lowest BCUT2D eigenvalue weighted by molar-refractivity contribution is -0.123. The molecule has 42 heavy (non-hydrogen) atoms. The molecule has 6 nitrogen and oxygen atoms in total. The standard InChI is InChI=1S/C35H28ClN3O3/c1-21-15-17-23(36)19-28(21)39-33(41)31-30-24-11-5-7-13-26(24)35(32(31)34(39)42,27-14-8-6-12-25(27)30)20-37-38-29(40)18-16-22-9-3-2-4-10-22/h2-15,17,19-20,30-32H,16,18H2,1H3,(H,38,40)/b37-20-/t30?,31-,32-,35?/m0/s1. The molecule has 0 spiro atoms. The quantitative estimate of drug-likeness (QED) is 0.176. The van der Waals surface area contributed by atoms with E-state index in [0.29, 0.717) is 17.1 Å². The molecule has 1 saturated heterocycles. The summed E-state index contributed by atoms with van der Waals surface area (Å²) in [6.07, 6.45) is 2.55. The zero-order chi connectivity index (χ0) is 29.0. The maximum absolute atomic E-state index is 14.5. The Balaban J connectivity index is 1.33. The number of carbonyl (C=O) groups excluding carboxylic acids is 3. The molecule has 1 heterocycles. The highest BCUT2D eigenvalue weighted by Gasteiger charge is 2.68. The van der Waals surface area contributed by atoms with Crippen LogP contribution in [-0.4, -0.2) is 23.9 Å². The number of nitrogens with one attached hydrogen (secondary N) is 1. The molecular weight excluding hydrogens is 546 g/mol. The van der Waals surface area contributed by atoms with Crippen LogP contribution < -0.4 is 10.3 Å². The second kappa shape index (κ2) is 10.1. The molecular formula is C35H28ClN3O3. The molecule has 1 N–H and O–H groups in total. The number of anilines is 1. The smallest absolute Gasteiger partial charge is 0.240 e. The maximum atomic E-state index is 14.5. The van der Waals surface area contributed by atoms with Gasteiger partial charge in [-0.3, -0.25) is 14.4 Å². The van der Waals surface area contributed by atoms with Crippen molar-refractivity contribution in [2.75, 3.05) is 4.90 Å². The first-order valence-electron chi connectivity index (χ1n) is 14.1. The molecule has 1 fully saturated rings. The number of halogens is 1. The van der Waals surface area contributed by atoms with Gasteiger partial charge in [0.15, 0.2) is 0 Å². The zero-order valence-electron chi connectivity index (χ0n) is 23.0. The van der Waals surface area contributed by atoms with Gasteiger partial charge in [-0.15, -0.1) is 0 Å². The molecule has 7 heteroatoms. The Labute approximate surface area is 249 Å². The number of amides is 3. The third-order valence-electron chi connectivity index (χ3n) is 9.04. The molecule has 2 bridgehead atoms. The van der Waals surface area contributed by atoms with E-state index < -0.39 is 17.3 Å². The van der Waals surface area contributed by atoms with Crippen molar-refractivity contribution in [1.82, 2.24) is 5.43 Å². The van der Waals surface area contributed by atoms with E-state index in [4.69, 9.17) is 11.6 Å². The van der Waals surface area contributed by atoms with Gasteiger partial charge in [0.25, 0.3) is 0 Å². The first-order valence-corrected chi connectivity index (χ1v) is 14.5. The number of benzene rings is 4.